The molecule has 6 aromatic carbocycles. The average molecular weight is 1390 g/mol. The van der Waals surface area contributed by atoms with Gasteiger partial charge in [-0.3, -0.25) is 15.0 Å². The van der Waals surface area contributed by atoms with Crippen LogP contribution in [0.1, 0.15) is 104 Å². The zero-order valence-electron chi connectivity index (χ0n) is 53.7. The number of rotatable bonds is 12. The van der Waals surface area contributed by atoms with Crippen molar-refractivity contribution in [1.29, 1.82) is 0 Å². The first kappa shape index (κ1) is 70.9. The van der Waals surface area contributed by atoms with Gasteiger partial charge in [0, 0.05) is 40.6 Å². The summed E-state index contributed by atoms with van der Waals surface area (Å²) in [4.78, 5) is 24.8. The first-order chi connectivity index (χ1) is 47.1. The molecule has 0 bridgehead atoms. The third kappa shape index (κ3) is 9.99. The number of alkyl carbamates (subject to hydrolysis) is 1. The molecule has 3 aromatic heterocycles. The molecule has 16 rings (SSSR count). The zero-order valence-corrected chi connectivity index (χ0v) is 55.7. The summed E-state index contributed by atoms with van der Waals surface area (Å²) in [5.74, 6) is -0.593. The number of ether oxygens (including phenoxy) is 7. The summed E-state index contributed by atoms with van der Waals surface area (Å²) in [6.45, 7) is 0. The maximum Gasteiger partial charge on any atom is 1.00 e. The van der Waals surface area contributed by atoms with Gasteiger partial charge in [0.2, 0.25) is 0 Å². The topological polar surface area (TPSA) is 316 Å². The number of amides is 1. The minimum Gasteiger partial charge on any atom is -0.870 e. The molecule has 7 heterocycles. The smallest absolute Gasteiger partial charge is 0.870 e. The Morgan fingerprint density at radius 2 is 0.740 bits per heavy atom. The molecule has 0 unspecified atom stereocenters. The number of hydrogen-bond acceptors (Lipinski definition) is 19. The van der Waals surface area contributed by atoms with Crippen LogP contribution in [-0.2, 0) is 38.3 Å². The fourth-order valence-corrected chi connectivity index (χ4v) is 16.5. The number of aromatic nitrogens is 3. The monoisotopic (exact) mass is 1390 g/mol. The molecular weight excluding hydrogens is 1320 g/mol. The number of methoxy groups -OCH3 is 3. The second-order valence-corrected chi connectivity index (χ2v) is 24.9. The van der Waals surface area contributed by atoms with Gasteiger partial charge in [0.25, 0.3) is 19.3 Å². The first-order valence-corrected chi connectivity index (χ1v) is 31.1. The van der Waals surface area contributed by atoms with Gasteiger partial charge in [-0.15, -0.1) is 0 Å². The van der Waals surface area contributed by atoms with E-state index in [9.17, 15) is 56.7 Å². The summed E-state index contributed by atoms with van der Waals surface area (Å²) in [6, 6.07) is 41.8. The molecule has 4 aliphatic heterocycles. The fraction of sp³-hybridized carbons (Fsp3) is 0.288. The van der Waals surface area contributed by atoms with Gasteiger partial charge in [0.1, 0.15) is 46.7 Å². The standard InChI is InChI=1S/C25H20F2N2O5.2C24H22F2N2O4.Na.H2O/c1-32-16-11-28-12-17-19(16)24(31)21-20(29-23(30)33-21)18(13-5-3-2-4-6-13)25(24,34-17)15-9-7-14(8-10-15)22(26)27;2*1-31-16-11-28-12-17-19(16)23(30)21(29)20(27)18(13-5-3-2-4-6-13)24(23,32-17)15-9-7-14(8-10-15)22(25)26;;/h2-12,18,20-22,31H,1H3,(H,29,30);2*2-12,18,20-22,29-30H,27H2,1H3;;1H2/q;;;+1;/p-1/t18-,20-,21-,24+,25+;2*18-,20-,21-,23+,24+;;/m111../s1. The maximum absolute atomic E-state index is 13.3. The van der Waals surface area contributed by atoms with E-state index in [0.717, 1.165) is 16.7 Å². The minimum atomic E-state index is -2.65. The van der Waals surface area contributed by atoms with E-state index in [1.165, 1.54) is 131 Å². The van der Waals surface area contributed by atoms with Crippen LogP contribution >= 0.6 is 0 Å². The number of fused-ring (bicyclic) bond motifs is 11. The number of aliphatic hydroxyl groups is 5. The predicted octanol–water partition coefficient (Wildman–Crippen LogP) is 6.58. The summed E-state index contributed by atoms with van der Waals surface area (Å²) in [5.41, 5.74) is 6.11. The summed E-state index contributed by atoms with van der Waals surface area (Å²) in [7, 11) is 4.29. The molecule has 3 saturated carbocycles. The second-order valence-electron chi connectivity index (χ2n) is 24.9. The van der Waals surface area contributed by atoms with Crippen LogP contribution in [0.3, 0.4) is 0 Å². The Morgan fingerprint density at radius 1 is 0.450 bits per heavy atom. The number of nitrogens with one attached hydrogen (secondary N) is 1. The van der Waals surface area contributed by atoms with Crippen molar-refractivity contribution in [2.24, 2.45) is 11.5 Å². The normalized spacial score (nSPS) is 30.1. The van der Waals surface area contributed by atoms with E-state index in [0.29, 0.717) is 22.3 Å². The Hall–Kier alpha value is -8.90. The molecule has 20 nitrogen and oxygen atoms in total. The molecule has 0 radical (unpaired) electrons. The van der Waals surface area contributed by atoms with E-state index in [1.807, 2.05) is 91.0 Å². The molecule has 11 N–H and O–H groups in total. The minimum absolute atomic E-state index is 0. The van der Waals surface area contributed by atoms with Crippen LogP contribution in [0.15, 0.2) is 201 Å². The fourth-order valence-electron chi connectivity index (χ4n) is 16.5. The van der Waals surface area contributed by atoms with Crippen molar-refractivity contribution in [2.75, 3.05) is 21.3 Å². The third-order valence-corrected chi connectivity index (χ3v) is 20.5. The Bertz CT molecular complexity index is 4280. The van der Waals surface area contributed by atoms with Crippen molar-refractivity contribution >= 4 is 6.09 Å². The van der Waals surface area contributed by atoms with Gasteiger partial charge in [-0.05, 0) is 33.4 Å². The van der Waals surface area contributed by atoms with Gasteiger partial charge in [-0.1, -0.05) is 164 Å². The quantitative estimate of drug-likeness (QED) is 0.0473. The van der Waals surface area contributed by atoms with Crippen molar-refractivity contribution < 1.29 is 125 Å². The van der Waals surface area contributed by atoms with E-state index in [4.69, 9.17) is 44.6 Å². The summed E-state index contributed by atoms with van der Waals surface area (Å²) in [6.07, 6.45) is -3.91. The van der Waals surface area contributed by atoms with Crippen LogP contribution < -0.4 is 74.8 Å². The third-order valence-electron chi connectivity index (χ3n) is 20.5. The van der Waals surface area contributed by atoms with E-state index in [2.05, 4.69) is 20.3 Å². The number of nitrogens with two attached hydrogens (primary N) is 2. The van der Waals surface area contributed by atoms with Gasteiger partial charge in [0.05, 0.1) is 87.2 Å². The van der Waals surface area contributed by atoms with Crippen molar-refractivity contribution in [3.8, 4) is 34.5 Å². The Kier molecular flexibility index (Phi) is 18.8. The van der Waals surface area contributed by atoms with Gasteiger partial charge >= 0.3 is 35.7 Å². The zero-order chi connectivity index (χ0) is 69.0. The first-order valence-electron chi connectivity index (χ1n) is 31.1. The molecule has 27 heteroatoms. The van der Waals surface area contributed by atoms with Crippen molar-refractivity contribution in [3.05, 3.63) is 268 Å². The Balaban J connectivity index is 0.000000141. The molecule has 15 atom stereocenters. The van der Waals surface area contributed by atoms with Gasteiger partial charge in [0.15, 0.2) is 39.7 Å². The molecule has 9 aromatic rings. The van der Waals surface area contributed by atoms with Crippen LogP contribution in [0.2, 0.25) is 0 Å². The summed E-state index contributed by atoms with van der Waals surface area (Å²) in [5, 5.41) is 62.6. The molecule has 0 spiro atoms. The number of carbonyl (C=O) groups is 1. The molecule has 4 fully saturated rings. The Morgan fingerprint density at radius 3 is 1.04 bits per heavy atom. The molecular formula is C73H65F6N6NaO14. The molecule has 1 saturated heterocycles. The van der Waals surface area contributed by atoms with Gasteiger partial charge in [-0.25, -0.2) is 31.1 Å². The second kappa shape index (κ2) is 26.6. The van der Waals surface area contributed by atoms with Crippen LogP contribution in [0.25, 0.3) is 0 Å². The predicted molar refractivity (Wildman–Crippen MR) is 340 cm³/mol. The number of hydrogen-bond donors (Lipinski definition) is 8. The number of pyridine rings is 3. The number of halogens is 6. The molecule has 1 amide bonds. The van der Waals surface area contributed by atoms with Crippen molar-refractivity contribution in [2.45, 2.75) is 107 Å². The molecule has 100 heavy (non-hydrogen) atoms. The van der Waals surface area contributed by atoms with E-state index in [1.54, 1.807) is 0 Å². The SMILES string of the molecule is COc1cncc2c1[C@]1(O)[C@@H]3OC(=O)N[C@@H]3[C@@H](c3ccccc3)[C@]1(c1ccc(C(F)F)cc1)O2.COc1cncc2c1[C@]1(O)[C@H](O)[C@H](N)[C@@H](c3ccccc3)[C@]1(c1ccc(C(F)F)cc1)O2.COc1cncc2c1[C@]1(O)[C@H](O)[C@H](N)[C@@H](c3ccccc3)[C@]1(c1ccc(C(F)F)cc1)O2.[Na+].[OH-]. The van der Waals surface area contributed by atoms with Gasteiger partial charge in [-0.2, -0.15) is 0 Å². The molecule has 7 aliphatic rings. The van der Waals surface area contributed by atoms with Crippen LogP contribution in [0.4, 0.5) is 31.1 Å². The number of carbonyl (C=O) groups excluding carboxylic acids is 1. The largest absolute Gasteiger partial charge is 1.00 e. The maximum atomic E-state index is 13.3. The van der Waals surface area contributed by atoms with Gasteiger partial charge < -0.3 is 81.0 Å². The van der Waals surface area contributed by atoms with Crippen LogP contribution in [0, 0.1) is 0 Å². The Labute approximate surface area is 590 Å². The van der Waals surface area contributed by atoms with E-state index in [-0.39, 0.29) is 97.3 Å². The molecule has 514 valence electrons. The van der Waals surface area contributed by atoms with Crippen LogP contribution in [0.5, 0.6) is 34.5 Å². The summed E-state index contributed by atoms with van der Waals surface area (Å²) >= 11 is 0. The van der Waals surface area contributed by atoms with Crippen LogP contribution in [-0.4, -0.2) is 110 Å². The van der Waals surface area contributed by atoms with E-state index >= 15 is 0 Å². The number of aliphatic hydroxyl groups excluding tert-OH is 2. The number of benzene rings is 6. The summed E-state index contributed by atoms with van der Waals surface area (Å²) < 4.78 is 121. The van der Waals surface area contributed by atoms with E-state index < -0.39 is 113 Å². The number of alkyl halides is 6. The average Bonchev–Trinajstić information content (AvgIpc) is 1.51. The van der Waals surface area contributed by atoms with Crippen molar-refractivity contribution in [3.63, 3.8) is 0 Å². The molecule has 3 aliphatic carbocycles. The number of nitrogens with zero attached hydrogens (tertiary/aromatic N) is 3. The van der Waals surface area contributed by atoms with Crippen molar-refractivity contribution in [1.82, 2.24) is 20.3 Å².